The Morgan fingerprint density at radius 1 is 1.21 bits per heavy atom. The molecule has 1 N–H and O–H groups in total. The average Bonchev–Trinajstić information content (AvgIpc) is 2.41. The molecular weight excluding hydrogens is 305 g/mol. The summed E-state index contributed by atoms with van der Waals surface area (Å²) in [5.41, 5.74) is 0.242. The number of amides is 1. The van der Waals surface area contributed by atoms with Crippen molar-refractivity contribution in [1.82, 2.24) is 5.32 Å². The van der Waals surface area contributed by atoms with Crippen LogP contribution in [-0.2, 0) is 0 Å². The second-order valence-electron chi connectivity index (χ2n) is 4.62. The molecular formula is C14H18Cl3NO. The van der Waals surface area contributed by atoms with Crippen LogP contribution in [0.2, 0.25) is 10.0 Å². The van der Waals surface area contributed by atoms with Crippen LogP contribution in [0.25, 0.3) is 0 Å². The molecule has 1 aromatic carbocycles. The molecule has 0 heterocycles. The molecule has 0 unspecified atom stereocenters. The molecule has 1 aromatic rings. The molecule has 1 amide bonds. The quantitative estimate of drug-likeness (QED) is 0.751. The van der Waals surface area contributed by atoms with E-state index in [0.29, 0.717) is 28.0 Å². The van der Waals surface area contributed by atoms with Crippen LogP contribution >= 0.6 is 34.8 Å². The summed E-state index contributed by atoms with van der Waals surface area (Å²) < 4.78 is 0. The third kappa shape index (κ3) is 4.01. The zero-order valence-corrected chi connectivity index (χ0v) is 13.4. The summed E-state index contributed by atoms with van der Waals surface area (Å²) in [6, 6.07) is 5.01. The standard InChI is InChI=1S/C14H18Cl3NO/c1-3-14(4-2,8-15)9-18-13(19)12-10(16)6-5-7-11(12)17/h5-7H,3-4,8-9H2,1-2H3,(H,18,19). The van der Waals surface area contributed by atoms with Crippen LogP contribution in [0.4, 0.5) is 0 Å². The fraction of sp³-hybridized carbons (Fsp3) is 0.500. The normalized spacial score (nSPS) is 11.4. The Labute approximate surface area is 129 Å². The number of benzene rings is 1. The van der Waals surface area contributed by atoms with Gasteiger partial charge in [0.2, 0.25) is 0 Å². The van der Waals surface area contributed by atoms with Crippen molar-refractivity contribution in [1.29, 1.82) is 0 Å². The van der Waals surface area contributed by atoms with E-state index in [0.717, 1.165) is 12.8 Å². The highest BCUT2D eigenvalue weighted by Gasteiger charge is 2.26. The van der Waals surface area contributed by atoms with E-state index >= 15 is 0 Å². The Bertz CT molecular complexity index is 416. The molecule has 5 heteroatoms. The molecule has 0 saturated heterocycles. The zero-order valence-electron chi connectivity index (χ0n) is 11.1. The lowest BCUT2D eigenvalue weighted by Crippen LogP contribution is -2.38. The largest absolute Gasteiger partial charge is 0.351 e. The Kier molecular flexibility index (Phi) is 6.45. The van der Waals surface area contributed by atoms with Crippen molar-refractivity contribution in [3.63, 3.8) is 0 Å². The van der Waals surface area contributed by atoms with Gasteiger partial charge in [0.25, 0.3) is 5.91 Å². The van der Waals surface area contributed by atoms with Crippen molar-refractivity contribution in [3.8, 4) is 0 Å². The van der Waals surface area contributed by atoms with E-state index in [1.807, 2.05) is 0 Å². The van der Waals surface area contributed by atoms with Gasteiger partial charge in [-0.3, -0.25) is 4.79 Å². The van der Waals surface area contributed by atoms with Gasteiger partial charge in [0.15, 0.2) is 0 Å². The Hall–Kier alpha value is -0.440. The van der Waals surface area contributed by atoms with Crippen molar-refractivity contribution in [2.45, 2.75) is 26.7 Å². The lowest BCUT2D eigenvalue weighted by Gasteiger charge is -2.29. The summed E-state index contributed by atoms with van der Waals surface area (Å²) in [4.78, 5) is 12.2. The predicted octanol–water partition coefficient (Wildman–Crippen LogP) is 4.77. The molecule has 0 atom stereocenters. The van der Waals surface area contributed by atoms with Crippen LogP contribution in [0.3, 0.4) is 0 Å². The van der Waals surface area contributed by atoms with Crippen LogP contribution in [0, 0.1) is 5.41 Å². The monoisotopic (exact) mass is 321 g/mol. The summed E-state index contributed by atoms with van der Waals surface area (Å²) in [6.07, 6.45) is 1.81. The van der Waals surface area contributed by atoms with E-state index in [1.54, 1.807) is 18.2 Å². The molecule has 0 aromatic heterocycles. The van der Waals surface area contributed by atoms with E-state index in [2.05, 4.69) is 19.2 Å². The summed E-state index contributed by atoms with van der Waals surface area (Å²) in [5.74, 6) is 0.253. The summed E-state index contributed by atoms with van der Waals surface area (Å²) in [7, 11) is 0. The molecule has 0 saturated carbocycles. The second-order valence-corrected chi connectivity index (χ2v) is 5.70. The first-order valence-corrected chi connectivity index (χ1v) is 7.57. The molecule has 0 bridgehead atoms. The first-order valence-electron chi connectivity index (χ1n) is 6.28. The van der Waals surface area contributed by atoms with Crippen molar-refractivity contribution < 1.29 is 4.79 Å². The van der Waals surface area contributed by atoms with E-state index < -0.39 is 0 Å². The van der Waals surface area contributed by atoms with Gasteiger partial charge in [-0.15, -0.1) is 11.6 Å². The minimum Gasteiger partial charge on any atom is -0.351 e. The topological polar surface area (TPSA) is 29.1 Å². The van der Waals surface area contributed by atoms with E-state index in [1.165, 1.54) is 0 Å². The number of hydrogen-bond donors (Lipinski definition) is 1. The zero-order chi connectivity index (χ0) is 14.5. The smallest absolute Gasteiger partial charge is 0.254 e. The molecule has 0 fully saturated rings. The van der Waals surface area contributed by atoms with Crippen LogP contribution in [0.15, 0.2) is 18.2 Å². The van der Waals surface area contributed by atoms with Crippen LogP contribution in [-0.4, -0.2) is 18.3 Å². The van der Waals surface area contributed by atoms with Gasteiger partial charge in [-0.1, -0.05) is 43.1 Å². The molecule has 19 heavy (non-hydrogen) atoms. The van der Waals surface area contributed by atoms with Crippen LogP contribution < -0.4 is 5.32 Å². The Morgan fingerprint density at radius 2 is 1.74 bits per heavy atom. The number of halogens is 3. The van der Waals surface area contributed by atoms with Crippen molar-refractivity contribution in [3.05, 3.63) is 33.8 Å². The highest BCUT2D eigenvalue weighted by Crippen LogP contribution is 2.28. The van der Waals surface area contributed by atoms with E-state index in [-0.39, 0.29) is 11.3 Å². The first-order chi connectivity index (χ1) is 8.99. The van der Waals surface area contributed by atoms with Crippen molar-refractivity contribution in [2.24, 2.45) is 5.41 Å². The Balaban J connectivity index is 2.81. The molecule has 0 radical (unpaired) electrons. The number of hydrogen-bond acceptors (Lipinski definition) is 1. The lowest BCUT2D eigenvalue weighted by atomic mass is 9.84. The molecule has 0 aliphatic heterocycles. The summed E-state index contributed by atoms with van der Waals surface area (Å²) >= 11 is 18.0. The molecule has 0 aliphatic rings. The van der Waals surface area contributed by atoms with Gasteiger partial charge in [0.1, 0.15) is 0 Å². The highest BCUT2D eigenvalue weighted by atomic mass is 35.5. The third-order valence-corrected chi connectivity index (χ3v) is 4.79. The first kappa shape index (κ1) is 16.6. The number of nitrogens with one attached hydrogen (secondary N) is 1. The number of rotatable bonds is 6. The van der Waals surface area contributed by atoms with Crippen LogP contribution in [0.5, 0.6) is 0 Å². The fourth-order valence-corrected chi connectivity index (χ4v) is 2.85. The van der Waals surface area contributed by atoms with Gasteiger partial charge in [-0.25, -0.2) is 0 Å². The van der Waals surface area contributed by atoms with Gasteiger partial charge in [0, 0.05) is 17.8 Å². The minimum absolute atomic E-state index is 0.0784. The molecule has 106 valence electrons. The maximum absolute atomic E-state index is 12.2. The van der Waals surface area contributed by atoms with Gasteiger partial charge < -0.3 is 5.32 Å². The number of alkyl halides is 1. The van der Waals surface area contributed by atoms with E-state index in [4.69, 9.17) is 34.8 Å². The molecule has 0 spiro atoms. The van der Waals surface area contributed by atoms with E-state index in [9.17, 15) is 4.79 Å². The lowest BCUT2D eigenvalue weighted by molar-refractivity contribution is 0.0932. The van der Waals surface area contributed by atoms with Gasteiger partial charge >= 0.3 is 0 Å². The number of carbonyl (C=O) groups is 1. The van der Waals surface area contributed by atoms with Crippen molar-refractivity contribution in [2.75, 3.05) is 12.4 Å². The third-order valence-electron chi connectivity index (χ3n) is 3.60. The van der Waals surface area contributed by atoms with Crippen LogP contribution in [0.1, 0.15) is 37.0 Å². The van der Waals surface area contributed by atoms with Crippen molar-refractivity contribution >= 4 is 40.7 Å². The Morgan fingerprint density at radius 3 is 2.16 bits per heavy atom. The maximum Gasteiger partial charge on any atom is 0.254 e. The van der Waals surface area contributed by atoms with Gasteiger partial charge in [0.05, 0.1) is 15.6 Å². The summed E-state index contributed by atoms with van der Waals surface area (Å²) in [6.45, 7) is 4.66. The maximum atomic E-state index is 12.2. The fourth-order valence-electron chi connectivity index (χ4n) is 1.81. The molecule has 2 nitrogen and oxygen atoms in total. The minimum atomic E-state index is -0.257. The average molecular weight is 323 g/mol. The predicted molar refractivity (Wildman–Crippen MR) is 82.5 cm³/mol. The van der Waals surface area contributed by atoms with Gasteiger partial charge in [-0.2, -0.15) is 0 Å². The summed E-state index contributed by atoms with van der Waals surface area (Å²) in [5, 5.41) is 3.59. The molecule has 0 aliphatic carbocycles. The number of carbonyl (C=O) groups excluding carboxylic acids is 1. The second kappa shape index (κ2) is 7.37. The van der Waals surface area contributed by atoms with Gasteiger partial charge in [-0.05, 0) is 25.0 Å². The molecule has 1 rings (SSSR count). The highest BCUT2D eigenvalue weighted by molar-refractivity contribution is 6.39. The SMILES string of the molecule is CCC(CC)(CCl)CNC(=O)c1c(Cl)cccc1Cl.